The van der Waals surface area contributed by atoms with Crippen molar-refractivity contribution in [2.24, 2.45) is 0 Å². The van der Waals surface area contributed by atoms with E-state index in [2.05, 4.69) is 0 Å². The third kappa shape index (κ3) is 2.31. The summed E-state index contributed by atoms with van der Waals surface area (Å²) in [6.07, 6.45) is 0. The summed E-state index contributed by atoms with van der Waals surface area (Å²) in [4.78, 5) is 21.7. The summed E-state index contributed by atoms with van der Waals surface area (Å²) in [6.45, 7) is 0. The molecule has 1 rings (SSSR count). The molecule has 0 heterocycles. The molecule has 1 aromatic rings. The van der Waals surface area contributed by atoms with E-state index in [1.54, 1.807) is 30.3 Å². The Hall–Kier alpha value is -1.31. The lowest BCUT2D eigenvalue weighted by atomic mass is 9.75. The van der Waals surface area contributed by atoms with Gasteiger partial charge in [-0.05, 0) is 5.56 Å². The Bertz CT molecular complexity index is 308. The smallest absolute Gasteiger partial charge is 0.169 e. The van der Waals surface area contributed by atoms with Gasteiger partial charge in [-0.2, -0.15) is 0 Å². The van der Waals surface area contributed by atoms with Crippen LogP contribution in [0.4, 0.5) is 0 Å². The van der Waals surface area contributed by atoms with Crippen LogP contribution >= 0.6 is 0 Å². The molecule has 0 bridgehead atoms. The normalized spacial score (nSPS) is 9.92. The summed E-state index contributed by atoms with van der Waals surface area (Å²) >= 11 is 0. The van der Waals surface area contributed by atoms with Crippen LogP contribution < -0.4 is 0 Å². The number of rotatable bonds is 3. The van der Waals surface area contributed by atoms with Gasteiger partial charge in [0.15, 0.2) is 15.7 Å². The van der Waals surface area contributed by atoms with Crippen molar-refractivity contribution in [3.05, 3.63) is 35.9 Å². The van der Waals surface area contributed by atoms with Crippen molar-refractivity contribution in [3.8, 4) is 0 Å². The van der Waals surface area contributed by atoms with E-state index in [0.717, 1.165) is 0 Å². The molecule has 0 saturated carbocycles. The molecule has 0 unspecified atom stereocenters. The average Bonchev–Trinajstić information content (AvgIpc) is 2.04. The van der Waals surface area contributed by atoms with E-state index >= 15 is 0 Å². The van der Waals surface area contributed by atoms with Gasteiger partial charge < -0.3 is 9.59 Å². The van der Waals surface area contributed by atoms with E-state index in [0.29, 0.717) is 5.56 Å². The molecule has 0 aromatic heterocycles. The molecule has 0 atom stereocenters. The van der Waals surface area contributed by atoms with Gasteiger partial charge in [-0.25, -0.2) is 0 Å². The second-order valence-corrected chi connectivity index (χ2v) is 2.65. The number of benzene rings is 1. The molecule has 0 N–H and O–H groups in total. The van der Waals surface area contributed by atoms with Crippen LogP contribution in [0.5, 0.6) is 0 Å². The van der Waals surface area contributed by atoms with Crippen LogP contribution in [-0.4, -0.2) is 27.1 Å². The Balaban J connectivity index is 3.03. The van der Waals surface area contributed by atoms with Gasteiger partial charge in [0, 0.05) is 0 Å². The molecule has 13 heavy (non-hydrogen) atoms. The van der Waals surface area contributed by atoms with Gasteiger partial charge in [0.05, 0.1) is 17.3 Å². The zero-order valence-electron chi connectivity index (χ0n) is 6.94. The van der Waals surface area contributed by atoms with E-state index in [4.69, 9.17) is 15.7 Å². The van der Waals surface area contributed by atoms with Crippen molar-refractivity contribution in [1.82, 2.24) is 0 Å². The first-order chi connectivity index (χ1) is 6.13. The van der Waals surface area contributed by atoms with Crippen molar-refractivity contribution in [3.63, 3.8) is 0 Å². The predicted octanol–water partition coefficient (Wildman–Crippen LogP) is 0.160. The molecule has 1 aromatic carbocycles. The largest absolute Gasteiger partial charge is 0.312 e. The zero-order valence-corrected chi connectivity index (χ0v) is 6.94. The Morgan fingerprint density at radius 1 is 1.00 bits per heavy atom. The minimum Gasteiger partial charge on any atom is -0.312 e. The van der Waals surface area contributed by atoms with Gasteiger partial charge in [0.1, 0.15) is 0 Å². The lowest BCUT2D eigenvalue weighted by molar-refractivity contribution is -0.120. The molecule has 0 aliphatic carbocycles. The molecule has 2 nitrogen and oxygen atoms in total. The number of carbonyl (C=O) groups is 2. The third-order valence-electron chi connectivity index (χ3n) is 1.70. The van der Waals surface area contributed by atoms with Gasteiger partial charge in [0.2, 0.25) is 0 Å². The Morgan fingerprint density at radius 3 is 1.85 bits per heavy atom. The molecular formula is C9H6B2O2. The number of hydrogen-bond acceptors (Lipinski definition) is 2. The highest BCUT2D eigenvalue weighted by Crippen LogP contribution is 2.15. The first-order valence-corrected chi connectivity index (χ1v) is 3.76. The maximum Gasteiger partial charge on any atom is 0.169 e. The van der Waals surface area contributed by atoms with E-state index in [1.165, 1.54) is 0 Å². The van der Waals surface area contributed by atoms with Crippen LogP contribution in [0.25, 0.3) is 0 Å². The topological polar surface area (TPSA) is 34.1 Å². The average molecular weight is 168 g/mol. The van der Waals surface area contributed by atoms with Crippen LogP contribution in [0.2, 0.25) is 0 Å². The Morgan fingerprint density at radius 2 is 1.46 bits per heavy atom. The molecular weight excluding hydrogens is 162 g/mol. The van der Waals surface area contributed by atoms with Crippen LogP contribution in [0, 0.1) is 0 Å². The zero-order chi connectivity index (χ0) is 9.84. The summed E-state index contributed by atoms with van der Waals surface area (Å²) in [5.41, 5.74) is -0.917. The van der Waals surface area contributed by atoms with E-state index in [-0.39, 0.29) is 0 Å². The minimum atomic E-state index is -1.03. The molecule has 4 radical (unpaired) electrons. The first-order valence-electron chi connectivity index (χ1n) is 3.76. The van der Waals surface area contributed by atoms with Crippen molar-refractivity contribution < 1.29 is 9.59 Å². The third-order valence-corrected chi connectivity index (χ3v) is 1.70. The standard InChI is InChI=1S/C9H6B2O2/c10-8(12)7(9(11)13)6-4-2-1-3-5-6/h1-5,7H. The summed E-state index contributed by atoms with van der Waals surface area (Å²) in [6, 6.07) is 8.49. The van der Waals surface area contributed by atoms with Crippen LogP contribution in [0.15, 0.2) is 30.3 Å². The molecule has 0 aliphatic rings. The van der Waals surface area contributed by atoms with Gasteiger partial charge >= 0.3 is 0 Å². The van der Waals surface area contributed by atoms with E-state index in [9.17, 15) is 9.59 Å². The monoisotopic (exact) mass is 168 g/mol. The summed E-state index contributed by atoms with van der Waals surface area (Å²) in [7, 11) is 10.1. The van der Waals surface area contributed by atoms with Gasteiger partial charge in [-0.1, -0.05) is 30.3 Å². The quantitative estimate of drug-likeness (QED) is 0.475. The van der Waals surface area contributed by atoms with Gasteiger partial charge in [0.25, 0.3) is 0 Å². The van der Waals surface area contributed by atoms with Crippen LogP contribution in [-0.2, 0) is 9.59 Å². The Labute approximate surface area is 79.2 Å². The second-order valence-electron chi connectivity index (χ2n) is 2.65. The van der Waals surface area contributed by atoms with E-state index < -0.39 is 17.3 Å². The molecule has 0 fully saturated rings. The van der Waals surface area contributed by atoms with Crippen LogP contribution in [0.1, 0.15) is 11.5 Å². The summed E-state index contributed by atoms with van der Waals surface area (Å²) in [5, 5.41) is 0. The highest BCUT2D eigenvalue weighted by atomic mass is 16.1. The lowest BCUT2D eigenvalue weighted by Gasteiger charge is -2.10. The van der Waals surface area contributed by atoms with Gasteiger partial charge in [-0.3, -0.25) is 0 Å². The molecule has 0 saturated heterocycles. The maximum atomic E-state index is 10.9. The molecule has 60 valence electrons. The summed E-state index contributed by atoms with van der Waals surface area (Å²) < 4.78 is 0. The second kappa shape index (κ2) is 4.08. The highest BCUT2D eigenvalue weighted by Gasteiger charge is 2.19. The van der Waals surface area contributed by atoms with Crippen molar-refractivity contribution in [2.45, 2.75) is 5.92 Å². The maximum absolute atomic E-state index is 10.9. The highest BCUT2D eigenvalue weighted by molar-refractivity contribution is 6.69. The fourth-order valence-corrected chi connectivity index (χ4v) is 1.11. The van der Waals surface area contributed by atoms with Gasteiger partial charge in [-0.15, -0.1) is 0 Å². The fourth-order valence-electron chi connectivity index (χ4n) is 1.11. The molecule has 0 amide bonds. The van der Waals surface area contributed by atoms with E-state index in [1.807, 2.05) is 0 Å². The molecule has 0 spiro atoms. The first kappa shape index (κ1) is 9.78. The summed E-state index contributed by atoms with van der Waals surface area (Å²) in [5.74, 6) is -1.03. The van der Waals surface area contributed by atoms with Crippen molar-refractivity contribution >= 4 is 27.1 Å². The Kier molecular flexibility index (Phi) is 3.07. The lowest BCUT2D eigenvalue weighted by Crippen LogP contribution is -2.21. The molecule has 0 aliphatic heterocycles. The SMILES string of the molecule is [B]C(=O)C(C([B])=O)c1ccccc1. The number of carbonyl (C=O) groups excluding carboxylic acids is 2. The molecule has 4 heteroatoms. The number of hydrogen-bond donors (Lipinski definition) is 0. The van der Waals surface area contributed by atoms with Crippen molar-refractivity contribution in [1.29, 1.82) is 0 Å². The van der Waals surface area contributed by atoms with Crippen LogP contribution in [0.3, 0.4) is 0 Å². The fraction of sp³-hybridized carbons (Fsp3) is 0.111. The van der Waals surface area contributed by atoms with Crippen molar-refractivity contribution in [2.75, 3.05) is 0 Å². The minimum absolute atomic E-state index is 0.530. The predicted molar refractivity (Wildman–Crippen MR) is 50.7 cm³/mol.